The molecule has 0 unspecified atom stereocenters. The van der Waals surface area contributed by atoms with Gasteiger partial charge in [0.2, 0.25) is 5.91 Å². The summed E-state index contributed by atoms with van der Waals surface area (Å²) in [6.07, 6.45) is -0.282. The smallest absolute Gasteiger partial charge is 0.238 e. The number of likely N-dealkylation sites (tertiary alicyclic amines) is 1. The molecule has 1 aliphatic rings. The van der Waals surface area contributed by atoms with Gasteiger partial charge in [0.1, 0.15) is 0 Å². The molecule has 1 fully saturated rings. The summed E-state index contributed by atoms with van der Waals surface area (Å²) in [5.41, 5.74) is 1.85. The molecule has 2 rings (SSSR count). The van der Waals surface area contributed by atoms with Crippen molar-refractivity contribution in [3.63, 3.8) is 0 Å². The molecule has 1 heterocycles. The number of carbonyl (C=O) groups excluding carboxylic acids is 1. The van der Waals surface area contributed by atoms with E-state index in [0.717, 1.165) is 20.2 Å². The lowest BCUT2D eigenvalue weighted by Gasteiger charge is -2.35. The van der Waals surface area contributed by atoms with Crippen LogP contribution in [0.2, 0.25) is 0 Å². The molecule has 1 amide bonds. The number of nitrogens with one attached hydrogen (secondary N) is 1. The third kappa shape index (κ3) is 3.32. The second-order valence-corrected chi connectivity index (χ2v) is 6.21. The Balaban J connectivity index is 1.98. The van der Waals surface area contributed by atoms with Gasteiger partial charge in [0.05, 0.1) is 18.3 Å². The van der Waals surface area contributed by atoms with Gasteiger partial charge in [-0.3, -0.25) is 9.69 Å². The highest BCUT2D eigenvalue weighted by Crippen LogP contribution is 2.32. The van der Waals surface area contributed by atoms with Gasteiger partial charge in [-0.1, -0.05) is 0 Å². The lowest BCUT2D eigenvalue weighted by Crippen LogP contribution is -2.53. The van der Waals surface area contributed by atoms with Crippen molar-refractivity contribution in [1.29, 1.82) is 0 Å². The van der Waals surface area contributed by atoms with Gasteiger partial charge in [-0.15, -0.1) is 0 Å². The molecular weight excluding hydrogens is 364 g/mol. The third-order valence-electron chi connectivity index (χ3n) is 2.76. The Labute approximate surface area is 123 Å². The van der Waals surface area contributed by atoms with Crippen molar-refractivity contribution in [2.24, 2.45) is 0 Å². The highest BCUT2D eigenvalue weighted by molar-refractivity contribution is 9.11. The first-order chi connectivity index (χ1) is 8.45. The summed E-state index contributed by atoms with van der Waals surface area (Å²) in [5.74, 6) is -0.0767. The van der Waals surface area contributed by atoms with Crippen LogP contribution in [0.3, 0.4) is 0 Å². The molecule has 1 aromatic rings. The van der Waals surface area contributed by atoms with Crippen molar-refractivity contribution >= 4 is 43.5 Å². The minimum atomic E-state index is -0.282. The molecule has 0 atom stereocenters. The minimum Gasteiger partial charge on any atom is -0.390 e. The van der Waals surface area contributed by atoms with E-state index in [2.05, 4.69) is 37.2 Å². The van der Waals surface area contributed by atoms with Crippen LogP contribution in [0.1, 0.15) is 5.56 Å². The van der Waals surface area contributed by atoms with Gasteiger partial charge >= 0.3 is 0 Å². The van der Waals surface area contributed by atoms with Gasteiger partial charge in [0, 0.05) is 22.0 Å². The first-order valence-electron chi connectivity index (χ1n) is 5.61. The van der Waals surface area contributed by atoms with Crippen LogP contribution < -0.4 is 5.32 Å². The maximum Gasteiger partial charge on any atom is 0.238 e. The molecule has 0 spiro atoms. The number of halogens is 2. The van der Waals surface area contributed by atoms with Gasteiger partial charge < -0.3 is 10.4 Å². The maximum absolute atomic E-state index is 11.8. The van der Waals surface area contributed by atoms with Gasteiger partial charge in [0.25, 0.3) is 0 Å². The number of aliphatic hydroxyl groups excluding tert-OH is 1. The number of β-amino-alcohol motifs (C(OH)–C–C–N with tert-alkyl or cyclic N) is 1. The molecule has 0 bridgehead atoms. The first kappa shape index (κ1) is 14.0. The SMILES string of the molecule is Cc1cc(Br)c(NC(=O)CN2CC(O)C2)c(Br)c1. The fraction of sp³-hybridized carbons (Fsp3) is 0.417. The molecule has 0 radical (unpaired) electrons. The second kappa shape index (κ2) is 5.69. The Morgan fingerprint density at radius 2 is 2.00 bits per heavy atom. The molecule has 0 aromatic heterocycles. The van der Waals surface area contributed by atoms with E-state index in [4.69, 9.17) is 5.11 Å². The number of hydrogen-bond donors (Lipinski definition) is 2. The molecule has 98 valence electrons. The van der Waals surface area contributed by atoms with E-state index in [1.54, 1.807) is 0 Å². The van der Waals surface area contributed by atoms with Crippen molar-refractivity contribution in [2.75, 3.05) is 25.0 Å². The van der Waals surface area contributed by atoms with Crippen molar-refractivity contribution in [2.45, 2.75) is 13.0 Å². The standard InChI is InChI=1S/C12H14Br2N2O2/c1-7-2-9(13)12(10(14)3-7)15-11(18)6-16-4-8(17)5-16/h2-3,8,17H,4-6H2,1H3,(H,15,18). The van der Waals surface area contributed by atoms with Gasteiger partial charge in [-0.05, 0) is 56.5 Å². The van der Waals surface area contributed by atoms with Crippen LogP contribution >= 0.6 is 31.9 Å². The Morgan fingerprint density at radius 1 is 1.44 bits per heavy atom. The zero-order chi connectivity index (χ0) is 13.3. The summed E-state index contributed by atoms with van der Waals surface area (Å²) in [5, 5.41) is 12.0. The van der Waals surface area contributed by atoms with E-state index in [9.17, 15) is 4.79 Å². The fourth-order valence-corrected chi connectivity index (χ4v) is 3.49. The number of rotatable bonds is 3. The van der Waals surface area contributed by atoms with Crippen molar-refractivity contribution in [3.8, 4) is 0 Å². The molecule has 2 N–H and O–H groups in total. The van der Waals surface area contributed by atoms with Gasteiger partial charge in [0.15, 0.2) is 0 Å². The Hall–Kier alpha value is -0.430. The molecule has 1 aliphatic heterocycles. The van der Waals surface area contributed by atoms with E-state index in [1.165, 1.54) is 0 Å². The van der Waals surface area contributed by atoms with Crippen molar-refractivity contribution < 1.29 is 9.90 Å². The highest BCUT2D eigenvalue weighted by atomic mass is 79.9. The number of amides is 1. The van der Waals surface area contributed by atoms with Crippen LogP contribution in [-0.2, 0) is 4.79 Å². The van der Waals surface area contributed by atoms with Crippen LogP contribution in [-0.4, -0.2) is 41.7 Å². The predicted octanol–water partition coefficient (Wildman–Crippen LogP) is 2.14. The normalized spacial score (nSPS) is 16.4. The number of aryl methyl sites for hydroxylation is 1. The first-order valence-corrected chi connectivity index (χ1v) is 7.20. The van der Waals surface area contributed by atoms with Crippen LogP contribution in [0.15, 0.2) is 21.1 Å². The average Bonchev–Trinajstić information content (AvgIpc) is 2.21. The van der Waals surface area contributed by atoms with Crippen LogP contribution in [0, 0.1) is 6.92 Å². The number of carbonyl (C=O) groups is 1. The van der Waals surface area contributed by atoms with E-state index >= 15 is 0 Å². The molecular formula is C12H14Br2N2O2. The summed E-state index contributed by atoms with van der Waals surface area (Å²) in [6, 6.07) is 3.90. The zero-order valence-electron chi connectivity index (χ0n) is 9.91. The number of aliphatic hydroxyl groups is 1. The third-order valence-corrected chi connectivity index (χ3v) is 4.01. The maximum atomic E-state index is 11.8. The number of nitrogens with zero attached hydrogens (tertiary/aromatic N) is 1. The van der Waals surface area contributed by atoms with Crippen LogP contribution in [0.5, 0.6) is 0 Å². The van der Waals surface area contributed by atoms with Crippen LogP contribution in [0.25, 0.3) is 0 Å². The van der Waals surface area contributed by atoms with E-state index in [1.807, 2.05) is 24.0 Å². The molecule has 1 saturated heterocycles. The monoisotopic (exact) mass is 376 g/mol. The zero-order valence-corrected chi connectivity index (χ0v) is 13.1. The molecule has 18 heavy (non-hydrogen) atoms. The van der Waals surface area contributed by atoms with E-state index < -0.39 is 0 Å². The molecule has 4 nitrogen and oxygen atoms in total. The van der Waals surface area contributed by atoms with Crippen molar-refractivity contribution in [1.82, 2.24) is 4.90 Å². The van der Waals surface area contributed by atoms with Crippen molar-refractivity contribution in [3.05, 3.63) is 26.6 Å². The molecule has 0 aliphatic carbocycles. The Kier molecular flexibility index (Phi) is 4.42. The average molecular weight is 378 g/mol. The molecule has 1 aromatic carbocycles. The van der Waals surface area contributed by atoms with E-state index in [0.29, 0.717) is 19.6 Å². The largest absolute Gasteiger partial charge is 0.390 e. The van der Waals surface area contributed by atoms with Gasteiger partial charge in [-0.25, -0.2) is 0 Å². The van der Waals surface area contributed by atoms with Crippen LogP contribution in [0.4, 0.5) is 5.69 Å². The summed E-state index contributed by atoms with van der Waals surface area (Å²) >= 11 is 6.87. The summed E-state index contributed by atoms with van der Waals surface area (Å²) < 4.78 is 1.71. The summed E-state index contributed by atoms with van der Waals surface area (Å²) in [4.78, 5) is 13.7. The highest BCUT2D eigenvalue weighted by Gasteiger charge is 2.26. The Morgan fingerprint density at radius 3 is 2.50 bits per heavy atom. The van der Waals surface area contributed by atoms with Gasteiger partial charge in [-0.2, -0.15) is 0 Å². The van der Waals surface area contributed by atoms with E-state index in [-0.39, 0.29) is 12.0 Å². The molecule has 6 heteroatoms. The predicted molar refractivity (Wildman–Crippen MR) is 77.7 cm³/mol. The fourth-order valence-electron chi connectivity index (χ4n) is 1.87. The summed E-state index contributed by atoms with van der Waals surface area (Å²) in [6.45, 7) is 3.44. The topological polar surface area (TPSA) is 52.6 Å². The lowest BCUT2D eigenvalue weighted by molar-refractivity contribution is -0.119. The number of anilines is 1. The number of hydrogen-bond acceptors (Lipinski definition) is 3. The summed E-state index contributed by atoms with van der Waals surface area (Å²) in [7, 11) is 0. The second-order valence-electron chi connectivity index (χ2n) is 4.50. The molecule has 0 saturated carbocycles. The number of benzene rings is 1. The Bertz CT molecular complexity index is 450. The quantitative estimate of drug-likeness (QED) is 0.848. The minimum absolute atomic E-state index is 0.0767. The lowest BCUT2D eigenvalue weighted by atomic mass is 10.2.